The van der Waals surface area contributed by atoms with Crippen molar-refractivity contribution in [3.8, 4) is 0 Å². The van der Waals surface area contributed by atoms with Crippen LogP contribution in [0.15, 0.2) is 54.6 Å². The maximum Gasteiger partial charge on any atom is 0.223 e. The highest BCUT2D eigenvalue weighted by Crippen LogP contribution is 2.25. The van der Waals surface area contributed by atoms with Gasteiger partial charge in [-0.3, -0.25) is 9.69 Å². The molecule has 0 saturated carbocycles. The molecule has 1 aromatic heterocycles. The van der Waals surface area contributed by atoms with Gasteiger partial charge in [-0.05, 0) is 81.9 Å². The van der Waals surface area contributed by atoms with Crippen molar-refractivity contribution in [2.45, 2.75) is 58.5 Å². The Hall–Kier alpha value is -2.63. The summed E-state index contributed by atoms with van der Waals surface area (Å²) in [4.78, 5) is 17.9. The number of hydrogen-bond donors (Lipinski definition) is 1. The minimum absolute atomic E-state index is 0.156. The molecule has 3 aromatic rings. The lowest BCUT2D eigenvalue weighted by atomic mass is 9.96. The van der Waals surface area contributed by atoms with Crippen LogP contribution in [0, 0.1) is 12.8 Å². The maximum atomic E-state index is 12.8. The Balaban J connectivity index is 1.15. The third-order valence-corrected chi connectivity index (χ3v) is 8.13. The first-order valence-corrected chi connectivity index (χ1v) is 14.0. The van der Waals surface area contributed by atoms with Crippen molar-refractivity contribution in [3.05, 3.63) is 71.4 Å². The van der Waals surface area contributed by atoms with Gasteiger partial charge in [0.15, 0.2) is 0 Å². The smallest absolute Gasteiger partial charge is 0.223 e. The fourth-order valence-corrected chi connectivity index (χ4v) is 5.89. The Morgan fingerprint density at radius 2 is 1.58 bits per heavy atom. The van der Waals surface area contributed by atoms with Crippen LogP contribution in [0.3, 0.4) is 0 Å². The Bertz CT molecular complexity index is 1120. The summed E-state index contributed by atoms with van der Waals surface area (Å²) in [6.45, 7) is 10.1. The normalized spacial score (nSPS) is 18.4. The standard InChI is InChI=1S/C31H42N4O/c1-25-10-12-26(13-11-25)23-35-29(22-28-8-4-5-9-30(28)35)24-34-19-14-27(15-20-34)31(36)32-16-21-33-17-6-2-3-7-18-33/h4-5,8-13,22,27H,2-3,6-7,14-21,23-24H2,1H3,(H,32,36). The van der Waals surface area contributed by atoms with Gasteiger partial charge in [0, 0.05) is 43.3 Å². The van der Waals surface area contributed by atoms with Crippen LogP contribution in [0.4, 0.5) is 0 Å². The van der Waals surface area contributed by atoms with Gasteiger partial charge in [0.2, 0.25) is 5.91 Å². The number of aryl methyl sites for hydroxylation is 1. The number of nitrogens with zero attached hydrogens (tertiary/aromatic N) is 3. The Morgan fingerprint density at radius 1 is 0.861 bits per heavy atom. The molecule has 0 aliphatic carbocycles. The van der Waals surface area contributed by atoms with Crippen LogP contribution in [0.1, 0.15) is 55.3 Å². The molecule has 2 aromatic carbocycles. The molecule has 1 amide bonds. The zero-order valence-corrected chi connectivity index (χ0v) is 21.9. The van der Waals surface area contributed by atoms with Crippen LogP contribution in [0.5, 0.6) is 0 Å². The summed E-state index contributed by atoms with van der Waals surface area (Å²) < 4.78 is 2.47. The molecule has 2 aliphatic heterocycles. The second kappa shape index (κ2) is 12.1. The lowest BCUT2D eigenvalue weighted by molar-refractivity contribution is -0.126. The third-order valence-electron chi connectivity index (χ3n) is 8.13. The number of rotatable bonds is 8. The van der Waals surface area contributed by atoms with Gasteiger partial charge >= 0.3 is 0 Å². The number of hydrogen-bond acceptors (Lipinski definition) is 3. The van der Waals surface area contributed by atoms with E-state index < -0.39 is 0 Å². The number of fused-ring (bicyclic) bond motifs is 1. The fourth-order valence-electron chi connectivity index (χ4n) is 5.89. The zero-order valence-electron chi connectivity index (χ0n) is 21.9. The van der Waals surface area contributed by atoms with Gasteiger partial charge in [0.25, 0.3) is 0 Å². The van der Waals surface area contributed by atoms with Gasteiger partial charge in [-0.1, -0.05) is 60.9 Å². The molecular weight excluding hydrogens is 444 g/mol. The van der Waals surface area contributed by atoms with E-state index in [0.29, 0.717) is 0 Å². The van der Waals surface area contributed by atoms with E-state index in [0.717, 1.165) is 52.1 Å². The fraction of sp³-hybridized carbons (Fsp3) is 0.516. The Morgan fingerprint density at radius 3 is 2.33 bits per heavy atom. The van der Waals surface area contributed by atoms with E-state index in [4.69, 9.17) is 0 Å². The maximum absolute atomic E-state index is 12.8. The molecule has 2 fully saturated rings. The highest BCUT2D eigenvalue weighted by Gasteiger charge is 2.25. The number of para-hydroxylation sites is 1. The highest BCUT2D eigenvalue weighted by atomic mass is 16.1. The average molecular weight is 487 g/mol. The molecule has 5 rings (SSSR count). The van der Waals surface area contributed by atoms with Crippen LogP contribution in [-0.2, 0) is 17.9 Å². The summed E-state index contributed by atoms with van der Waals surface area (Å²) in [5, 5.41) is 4.54. The van der Waals surface area contributed by atoms with Gasteiger partial charge < -0.3 is 14.8 Å². The van der Waals surface area contributed by atoms with E-state index in [2.05, 4.69) is 81.2 Å². The molecule has 5 heteroatoms. The summed E-state index contributed by atoms with van der Waals surface area (Å²) in [5.74, 6) is 0.418. The third kappa shape index (κ3) is 6.37. The molecule has 2 aliphatic rings. The lowest BCUT2D eigenvalue weighted by Gasteiger charge is -2.31. The Kier molecular flexibility index (Phi) is 8.40. The average Bonchev–Trinajstić information content (AvgIpc) is 3.04. The number of amides is 1. The predicted octanol–water partition coefficient (Wildman–Crippen LogP) is 5.20. The molecule has 3 heterocycles. The number of carbonyl (C=O) groups is 1. The van der Waals surface area contributed by atoms with E-state index in [-0.39, 0.29) is 11.8 Å². The van der Waals surface area contributed by atoms with Crippen LogP contribution < -0.4 is 5.32 Å². The van der Waals surface area contributed by atoms with E-state index in [1.807, 2.05) is 0 Å². The van der Waals surface area contributed by atoms with Crippen molar-refractivity contribution < 1.29 is 4.79 Å². The largest absolute Gasteiger partial charge is 0.355 e. The van der Waals surface area contributed by atoms with Gasteiger partial charge in [0.1, 0.15) is 0 Å². The Labute approximate surface area is 216 Å². The number of likely N-dealkylation sites (tertiary alicyclic amines) is 2. The van der Waals surface area contributed by atoms with E-state index >= 15 is 0 Å². The van der Waals surface area contributed by atoms with Crippen molar-refractivity contribution in [1.82, 2.24) is 19.7 Å². The van der Waals surface area contributed by atoms with Gasteiger partial charge in [0.05, 0.1) is 0 Å². The molecule has 0 bridgehead atoms. The minimum Gasteiger partial charge on any atom is -0.355 e. The first-order valence-electron chi connectivity index (χ1n) is 14.0. The molecule has 36 heavy (non-hydrogen) atoms. The van der Waals surface area contributed by atoms with Crippen LogP contribution in [0.25, 0.3) is 10.9 Å². The first-order chi connectivity index (χ1) is 17.7. The SMILES string of the molecule is Cc1ccc(Cn2c(CN3CCC(C(=O)NCCN4CCCCCC4)CC3)cc3ccccc32)cc1. The van der Waals surface area contributed by atoms with Crippen molar-refractivity contribution >= 4 is 16.8 Å². The van der Waals surface area contributed by atoms with Crippen LogP contribution >= 0.6 is 0 Å². The van der Waals surface area contributed by atoms with Gasteiger partial charge in [-0.25, -0.2) is 0 Å². The first kappa shape index (κ1) is 25.0. The molecule has 0 radical (unpaired) electrons. The van der Waals surface area contributed by atoms with Crippen molar-refractivity contribution in [2.24, 2.45) is 5.92 Å². The topological polar surface area (TPSA) is 40.5 Å². The molecule has 0 atom stereocenters. The number of aromatic nitrogens is 1. The zero-order chi connectivity index (χ0) is 24.7. The molecule has 0 spiro atoms. The number of piperidine rings is 1. The number of nitrogens with one attached hydrogen (secondary N) is 1. The minimum atomic E-state index is 0.156. The highest BCUT2D eigenvalue weighted by molar-refractivity contribution is 5.81. The molecular formula is C31H42N4O. The van der Waals surface area contributed by atoms with Gasteiger partial charge in [-0.15, -0.1) is 0 Å². The van der Waals surface area contributed by atoms with E-state index in [1.54, 1.807) is 0 Å². The predicted molar refractivity (Wildman–Crippen MR) is 148 cm³/mol. The summed E-state index contributed by atoms with van der Waals surface area (Å²) in [7, 11) is 0. The van der Waals surface area contributed by atoms with Crippen LogP contribution in [-0.4, -0.2) is 59.5 Å². The second-order valence-corrected chi connectivity index (χ2v) is 10.9. The molecule has 5 nitrogen and oxygen atoms in total. The lowest BCUT2D eigenvalue weighted by Crippen LogP contribution is -2.42. The molecule has 192 valence electrons. The summed E-state index contributed by atoms with van der Waals surface area (Å²) >= 11 is 0. The molecule has 1 N–H and O–H groups in total. The monoisotopic (exact) mass is 486 g/mol. The van der Waals surface area contributed by atoms with E-state index in [9.17, 15) is 4.79 Å². The van der Waals surface area contributed by atoms with Crippen molar-refractivity contribution in [2.75, 3.05) is 39.3 Å². The number of benzene rings is 2. The van der Waals surface area contributed by atoms with Crippen molar-refractivity contribution in [3.63, 3.8) is 0 Å². The molecule has 2 saturated heterocycles. The number of carbonyl (C=O) groups excluding carboxylic acids is 1. The summed E-state index contributed by atoms with van der Waals surface area (Å²) in [6.07, 6.45) is 7.22. The van der Waals surface area contributed by atoms with E-state index in [1.165, 1.54) is 66.5 Å². The van der Waals surface area contributed by atoms with Crippen molar-refractivity contribution in [1.29, 1.82) is 0 Å². The second-order valence-electron chi connectivity index (χ2n) is 10.9. The van der Waals surface area contributed by atoms with Gasteiger partial charge in [-0.2, -0.15) is 0 Å². The summed E-state index contributed by atoms with van der Waals surface area (Å²) in [6, 6.07) is 19.9. The molecule has 0 unspecified atom stereocenters. The quantitative estimate of drug-likeness (QED) is 0.476. The summed E-state index contributed by atoms with van der Waals surface area (Å²) in [5.41, 5.74) is 5.29. The van der Waals surface area contributed by atoms with Crippen LogP contribution in [0.2, 0.25) is 0 Å².